The maximum Gasteiger partial charge on any atom is 0.0303 e. The first-order valence-electron chi connectivity index (χ1n) is 4.38. The zero-order valence-electron chi connectivity index (χ0n) is 8.06. The van der Waals surface area contributed by atoms with Crippen LogP contribution in [0.3, 0.4) is 0 Å². The largest absolute Gasteiger partial charge is 0.344 e. The molecule has 1 aromatic heterocycles. The first-order valence-corrected chi connectivity index (χ1v) is 4.38. The molecule has 2 aromatic rings. The van der Waals surface area contributed by atoms with Crippen molar-refractivity contribution in [2.75, 3.05) is 0 Å². The van der Waals surface area contributed by atoms with Gasteiger partial charge in [0, 0.05) is 12.4 Å². The number of rotatable bonds is 2. The summed E-state index contributed by atoms with van der Waals surface area (Å²) in [5.41, 5.74) is 2.59. The van der Waals surface area contributed by atoms with Crippen LogP contribution >= 0.6 is 0 Å². The molecule has 0 spiro atoms. The number of nitrogens with zero attached hydrogens (tertiary/aromatic N) is 1. The van der Waals surface area contributed by atoms with Gasteiger partial charge in [-0.25, -0.2) is 0 Å². The van der Waals surface area contributed by atoms with Crippen LogP contribution in [0.15, 0.2) is 54.9 Å². The molecule has 0 bridgehead atoms. The van der Waals surface area contributed by atoms with Gasteiger partial charge in [-0.1, -0.05) is 36.4 Å². The molecule has 0 fully saturated rings. The van der Waals surface area contributed by atoms with Crippen molar-refractivity contribution in [2.45, 2.75) is 6.42 Å². The zero-order chi connectivity index (χ0) is 8.93. The van der Waals surface area contributed by atoms with Gasteiger partial charge in [-0.15, -0.1) is 0 Å². The molecule has 0 saturated carbocycles. The molecular formula is C12H14N2. The van der Waals surface area contributed by atoms with Crippen LogP contribution in [0, 0.1) is 0 Å². The van der Waals surface area contributed by atoms with Crippen LogP contribution < -0.4 is 6.15 Å². The van der Waals surface area contributed by atoms with Crippen molar-refractivity contribution in [3.63, 3.8) is 0 Å². The molecule has 0 unspecified atom stereocenters. The third-order valence-corrected chi connectivity index (χ3v) is 1.97. The van der Waals surface area contributed by atoms with Crippen molar-refractivity contribution in [2.24, 2.45) is 0 Å². The lowest BCUT2D eigenvalue weighted by atomic mass is 10.1. The summed E-state index contributed by atoms with van der Waals surface area (Å²) in [5, 5.41) is 0. The lowest BCUT2D eigenvalue weighted by molar-refractivity contribution is 1.15. The molecule has 0 atom stereocenters. The average molecular weight is 186 g/mol. The van der Waals surface area contributed by atoms with Crippen LogP contribution in [0.4, 0.5) is 0 Å². The van der Waals surface area contributed by atoms with E-state index in [0.717, 1.165) is 6.42 Å². The summed E-state index contributed by atoms with van der Waals surface area (Å²) in [6, 6.07) is 14.5. The maximum absolute atomic E-state index is 4.08. The van der Waals surface area contributed by atoms with Gasteiger partial charge in [-0.3, -0.25) is 4.98 Å². The molecule has 2 rings (SSSR count). The third-order valence-electron chi connectivity index (χ3n) is 1.97. The van der Waals surface area contributed by atoms with Crippen LogP contribution in [0.5, 0.6) is 0 Å². The second-order valence-electron chi connectivity index (χ2n) is 3.02. The summed E-state index contributed by atoms with van der Waals surface area (Å²) in [7, 11) is 0. The molecule has 0 saturated heterocycles. The van der Waals surface area contributed by atoms with Crippen molar-refractivity contribution < 1.29 is 0 Å². The normalized spacial score (nSPS) is 9.14. The highest BCUT2D eigenvalue weighted by molar-refractivity contribution is 5.23. The summed E-state index contributed by atoms with van der Waals surface area (Å²) in [5.74, 6) is 0. The third kappa shape index (κ3) is 2.68. The van der Waals surface area contributed by atoms with Crippen molar-refractivity contribution in [1.29, 1.82) is 0 Å². The number of hydrogen-bond acceptors (Lipinski definition) is 2. The van der Waals surface area contributed by atoms with Gasteiger partial charge in [0.05, 0.1) is 0 Å². The molecule has 1 aromatic carbocycles. The van der Waals surface area contributed by atoms with E-state index in [2.05, 4.69) is 35.3 Å². The van der Waals surface area contributed by atoms with E-state index in [1.807, 2.05) is 18.3 Å². The minimum absolute atomic E-state index is 0. The molecule has 0 radical (unpaired) electrons. The Morgan fingerprint density at radius 1 is 0.857 bits per heavy atom. The molecule has 2 nitrogen and oxygen atoms in total. The van der Waals surface area contributed by atoms with Crippen LogP contribution in [0.25, 0.3) is 0 Å². The summed E-state index contributed by atoms with van der Waals surface area (Å²) in [6.07, 6.45) is 4.68. The highest BCUT2D eigenvalue weighted by Gasteiger charge is 1.93. The van der Waals surface area contributed by atoms with Crippen LogP contribution in [-0.4, -0.2) is 4.98 Å². The quantitative estimate of drug-likeness (QED) is 0.784. The Hall–Kier alpha value is -1.67. The Morgan fingerprint density at radius 2 is 1.57 bits per heavy atom. The highest BCUT2D eigenvalue weighted by Crippen LogP contribution is 2.06. The van der Waals surface area contributed by atoms with Crippen molar-refractivity contribution >= 4 is 0 Å². The van der Waals surface area contributed by atoms with Gasteiger partial charge < -0.3 is 6.15 Å². The van der Waals surface area contributed by atoms with Gasteiger partial charge in [-0.2, -0.15) is 0 Å². The van der Waals surface area contributed by atoms with Gasteiger partial charge in [0.1, 0.15) is 0 Å². The van der Waals surface area contributed by atoms with Crippen molar-refractivity contribution in [3.8, 4) is 0 Å². The van der Waals surface area contributed by atoms with Crippen LogP contribution in [-0.2, 0) is 6.42 Å². The van der Waals surface area contributed by atoms with Crippen molar-refractivity contribution in [1.82, 2.24) is 11.1 Å². The average Bonchev–Trinajstić information content (AvgIpc) is 2.21. The minimum atomic E-state index is 0. The second-order valence-corrected chi connectivity index (χ2v) is 3.02. The lowest BCUT2D eigenvalue weighted by Gasteiger charge is -1.99. The molecule has 72 valence electrons. The molecule has 0 amide bonds. The molecular weight excluding hydrogens is 172 g/mol. The first kappa shape index (κ1) is 10.4. The standard InChI is InChI=1S/C12H11N.H3N/c1-2-5-11(6-3-1)9-12-7-4-8-13-10-12;/h1-8,10H,9H2;1H3. The van der Waals surface area contributed by atoms with E-state index < -0.39 is 0 Å². The predicted molar refractivity (Wildman–Crippen MR) is 58.5 cm³/mol. The Bertz CT molecular complexity index is 319. The molecule has 1 heterocycles. The smallest absolute Gasteiger partial charge is 0.0303 e. The molecule has 3 N–H and O–H groups in total. The molecule has 0 aliphatic carbocycles. The van der Waals surface area contributed by atoms with E-state index >= 15 is 0 Å². The van der Waals surface area contributed by atoms with Gasteiger partial charge in [-0.05, 0) is 23.6 Å². The first-order chi connectivity index (χ1) is 6.45. The summed E-state index contributed by atoms with van der Waals surface area (Å²) < 4.78 is 0. The fourth-order valence-electron chi connectivity index (χ4n) is 1.33. The SMILES string of the molecule is N.c1ccc(Cc2cccnc2)cc1. The monoisotopic (exact) mass is 186 g/mol. The minimum Gasteiger partial charge on any atom is -0.344 e. The fourth-order valence-corrected chi connectivity index (χ4v) is 1.33. The van der Waals surface area contributed by atoms with Gasteiger partial charge in [0.15, 0.2) is 0 Å². The predicted octanol–water partition coefficient (Wildman–Crippen LogP) is 2.83. The van der Waals surface area contributed by atoms with Gasteiger partial charge >= 0.3 is 0 Å². The summed E-state index contributed by atoms with van der Waals surface area (Å²) >= 11 is 0. The molecule has 14 heavy (non-hydrogen) atoms. The Kier molecular flexibility index (Phi) is 3.83. The number of benzene rings is 1. The molecule has 0 aliphatic rings. The highest BCUT2D eigenvalue weighted by atomic mass is 14.6. The Labute approximate surface area is 84.2 Å². The van der Waals surface area contributed by atoms with Gasteiger partial charge in [0.2, 0.25) is 0 Å². The maximum atomic E-state index is 4.08. The van der Waals surface area contributed by atoms with Crippen molar-refractivity contribution in [3.05, 3.63) is 66.0 Å². The van der Waals surface area contributed by atoms with E-state index in [0.29, 0.717) is 0 Å². The Balaban J connectivity index is 0.000000980. The van der Waals surface area contributed by atoms with Gasteiger partial charge in [0.25, 0.3) is 0 Å². The fraction of sp³-hybridized carbons (Fsp3) is 0.0833. The second kappa shape index (κ2) is 5.14. The van der Waals surface area contributed by atoms with E-state index in [1.54, 1.807) is 6.20 Å². The molecule has 0 aliphatic heterocycles. The summed E-state index contributed by atoms with van der Waals surface area (Å²) in [4.78, 5) is 4.08. The Morgan fingerprint density at radius 3 is 2.21 bits per heavy atom. The number of aromatic nitrogens is 1. The molecule has 2 heteroatoms. The summed E-state index contributed by atoms with van der Waals surface area (Å²) in [6.45, 7) is 0. The van der Waals surface area contributed by atoms with Crippen LogP contribution in [0.1, 0.15) is 11.1 Å². The number of hydrogen-bond donors (Lipinski definition) is 1. The zero-order valence-corrected chi connectivity index (χ0v) is 8.06. The lowest BCUT2D eigenvalue weighted by Crippen LogP contribution is -1.87. The van der Waals surface area contributed by atoms with E-state index in [4.69, 9.17) is 0 Å². The topological polar surface area (TPSA) is 47.9 Å². The van der Waals surface area contributed by atoms with Crippen LogP contribution in [0.2, 0.25) is 0 Å². The van der Waals surface area contributed by atoms with E-state index in [9.17, 15) is 0 Å². The number of pyridine rings is 1. The van der Waals surface area contributed by atoms with E-state index in [1.165, 1.54) is 11.1 Å². The van der Waals surface area contributed by atoms with E-state index in [-0.39, 0.29) is 6.15 Å².